The first-order chi connectivity index (χ1) is 16.0. The number of halogens is 1. The molecule has 1 fully saturated rings. The number of tetrazole rings is 1. The number of benzene rings is 1. The molecular formula is C19H19FN7O6P. The zero-order valence-corrected chi connectivity index (χ0v) is 18.8. The number of pyridine rings is 1. The van der Waals surface area contributed by atoms with Crippen LogP contribution in [-0.2, 0) is 21.1 Å². The van der Waals surface area contributed by atoms with Crippen molar-refractivity contribution in [3.8, 4) is 22.6 Å². The monoisotopic (exact) mass is 491 g/mol. The molecule has 13 nitrogen and oxygen atoms in total. The van der Waals surface area contributed by atoms with Gasteiger partial charge < -0.3 is 14.5 Å². The Kier molecular flexibility index (Phi) is 6.13. The summed E-state index contributed by atoms with van der Waals surface area (Å²) in [6.07, 6.45) is -0.366. The second kappa shape index (κ2) is 8.89. The van der Waals surface area contributed by atoms with Crippen molar-refractivity contribution in [2.24, 2.45) is 7.05 Å². The fraction of sp³-hybridized carbons (Fsp3) is 0.263. The number of cyclic esters (lactones) is 1. The second-order valence-corrected chi connectivity index (χ2v) is 8.94. The van der Waals surface area contributed by atoms with Gasteiger partial charge in [0.25, 0.3) is 0 Å². The van der Waals surface area contributed by atoms with E-state index >= 15 is 0 Å². The van der Waals surface area contributed by atoms with Crippen molar-refractivity contribution < 1.29 is 33.1 Å². The van der Waals surface area contributed by atoms with Gasteiger partial charge in [0.05, 0.1) is 25.8 Å². The van der Waals surface area contributed by atoms with Gasteiger partial charge in [-0.15, -0.1) is 10.2 Å². The normalized spacial score (nSPS) is 16.0. The lowest BCUT2D eigenvalue weighted by molar-refractivity contribution is -0.126. The molecule has 2 aromatic heterocycles. The Morgan fingerprint density at radius 2 is 2.09 bits per heavy atom. The van der Waals surface area contributed by atoms with E-state index in [1.54, 1.807) is 19.2 Å². The van der Waals surface area contributed by atoms with Crippen LogP contribution in [0.25, 0.3) is 22.6 Å². The Hall–Kier alpha value is -3.74. The predicted molar refractivity (Wildman–Crippen MR) is 114 cm³/mol. The number of nitrogens with zero attached hydrogens (tertiary/aromatic N) is 7. The summed E-state index contributed by atoms with van der Waals surface area (Å²) in [7, 11) is -3.25. The Morgan fingerprint density at radius 3 is 2.65 bits per heavy atom. The zero-order valence-electron chi connectivity index (χ0n) is 17.9. The number of ether oxygens (including phenoxy) is 1. The molecule has 2 amide bonds. The third-order valence-electron chi connectivity index (χ3n) is 5.00. The van der Waals surface area contributed by atoms with E-state index in [2.05, 4.69) is 20.4 Å². The Morgan fingerprint density at radius 1 is 1.32 bits per heavy atom. The maximum atomic E-state index is 14.9. The average Bonchev–Trinajstić information content (AvgIpc) is 3.36. The molecule has 0 saturated carbocycles. The van der Waals surface area contributed by atoms with Crippen LogP contribution < -0.4 is 4.90 Å². The van der Waals surface area contributed by atoms with Gasteiger partial charge in [-0.05, 0) is 29.5 Å². The Labute approximate surface area is 192 Å². The molecule has 4 rings (SSSR count). The van der Waals surface area contributed by atoms with Gasteiger partial charge in [-0.25, -0.2) is 18.4 Å². The third-order valence-corrected chi connectivity index (χ3v) is 6.08. The number of aromatic nitrogens is 5. The fourth-order valence-electron chi connectivity index (χ4n) is 3.42. The van der Waals surface area contributed by atoms with Gasteiger partial charge in [-0.3, -0.25) is 14.7 Å². The van der Waals surface area contributed by atoms with Crippen LogP contribution >= 0.6 is 7.75 Å². The first-order valence-electron chi connectivity index (χ1n) is 9.85. The van der Waals surface area contributed by atoms with E-state index in [4.69, 9.17) is 4.74 Å². The highest BCUT2D eigenvalue weighted by Gasteiger charge is 2.38. The molecule has 2 N–H and O–H groups in total. The van der Waals surface area contributed by atoms with Crippen molar-refractivity contribution in [3.63, 3.8) is 0 Å². The Balaban J connectivity index is 1.50. The van der Waals surface area contributed by atoms with Crippen LogP contribution in [0.15, 0.2) is 36.5 Å². The molecule has 1 aromatic carbocycles. The maximum Gasteiger partial charge on any atom is 0.432 e. The molecule has 0 aliphatic carbocycles. The van der Waals surface area contributed by atoms with Gasteiger partial charge in [-0.1, -0.05) is 6.07 Å². The minimum Gasteiger partial charge on any atom is -0.442 e. The van der Waals surface area contributed by atoms with Crippen LogP contribution in [0, 0.1) is 5.82 Å². The summed E-state index contributed by atoms with van der Waals surface area (Å²) in [4.78, 5) is 49.1. The van der Waals surface area contributed by atoms with E-state index in [0.29, 0.717) is 21.8 Å². The highest BCUT2D eigenvalue weighted by molar-refractivity contribution is 7.49. The minimum atomic E-state index is -4.87. The number of aryl methyl sites for hydroxylation is 1. The van der Waals surface area contributed by atoms with Gasteiger partial charge in [0.2, 0.25) is 11.7 Å². The van der Waals surface area contributed by atoms with Crippen molar-refractivity contribution in [1.82, 2.24) is 29.9 Å². The first kappa shape index (κ1) is 23.4. The van der Waals surface area contributed by atoms with Crippen LogP contribution in [0.4, 0.5) is 14.9 Å². The molecule has 0 unspecified atom stereocenters. The molecule has 34 heavy (non-hydrogen) atoms. The quantitative estimate of drug-likeness (QED) is 0.481. The number of rotatable bonds is 6. The summed E-state index contributed by atoms with van der Waals surface area (Å²) in [5.41, 5.74) is 1.38. The molecule has 1 atom stereocenters. The smallest absolute Gasteiger partial charge is 0.432 e. The lowest BCUT2D eigenvalue weighted by atomic mass is 10.1. The van der Waals surface area contributed by atoms with E-state index in [9.17, 15) is 28.3 Å². The van der Waals surface area contributed by atoms with Crippen molar-refractivity contribution in [3.05, 3.63) is 42.3 Å². The number of anilines is 1. The van der Waals surface area contributed by atoms with E-state index in [-0.39, 0.29) is 17.8 Å². The molecule has 0 spiro atoms. The second-order valence-electron chi connectivity index (χ2n) is 7.43. The average molecular weight is 491 g/mol. The van der Waals surface area contributed by atoms with E-state index in [1.165, 1.54) is 23.1 Å². The summed E-state index contributed by atoms with van der Waals surface area (Å²) in [5.74, 6) is -1.16. The number of hydrogen-bond acceptors (Lipinski definition) is 8. The topological polar surface area (TPSA) is 164 Å². The molecule has 178 valence electrons. The number of amides is 2. The molecule has 1 aliphatic heterocycles. The summed E-state index contributed by atoms with van der Waals surface area (Å²) in [5, 5.41) is 11.7. The minimum absolute atomic E-state index is 0.122. The largest absolute Gasteiger partial charge is 0.442 e. The molecule has 1 saturated heterocycles. The molecule has 0 radical (unpaired) electrons. The fourth-order valence-corrected chi connectivity index (χ4v) is 4.18. The first-order valence-corrected chi connectivity index (χ1v) is 11.4. The van der Waals surface area contributed by atoms with Crippen molar-refractivity contribution >= 4 is 25.4 Å². The van der Waals surface area contributed by atoms with Gasteiger partial charge in [0.15, 0.2) is 0 Å². The lowest BCUT2D eigenvalue weighted by Crippen LogP contribution is -2.35. The van der Waals surface area contributed by atoms with Crippen molar-refractivity contribution in [2.45, 2.75) is 13.0 Å². The van der Waals surface area contributed by atoms with Crippen LogP contribution in [0.3, 0.4) is 0 Å². The summed E-state index contributed by atoms with van der Waals surface area (Å²) in [6, 6.07) is 7.40. The van der Waals surface area contributed by atoms with Crippen molar-refractivity contribution in [1.29, 1.82) is 0 Å². The number of carbonyl (C=O) groups is 2. The van der Waals surface area contributed by atoms with E-state index in [0.717, 1.165) is 17.9 Å². The molecule has 3 aromatic rings. The summed E-state index contributed by atoms with van der Waals surface area (Å²) in [6.45, 7) is 0.372. The number of carbonyl (C=O) groups excluding carboxylic acids is 2. The van der Waals surface area contributed by atoms with Gasteiger partial charge in [-0.2, -0.15) is 4.80 Å². The predicted octanol–water partition coefficient (Wildman–Crippen LogP) is 1.34. The van der Waals surface area contributed by atoms with Crippen LogP contribution in [0.2, 0.25) is 0 Å². The third kappa shape index (κ3) is 4.78. The number of hydrogen-bond donors (Lipinski definition) is 2. The van der Waals surface area contributed by atoms with Crippen LogP contribution in [0.1, 0.15) is 6.92 Å². The van der Waals surface area contributed by atoms with E-state index < -0.39 is 38.2 Å². The Bertz CT molecular complexity index is 1290. The highest BCUT2D eigenvalue weighted by Crippen LogP contribution is 2.40. The van der Waals surface area contributed by atoms with Gasteiger partial charge in [0.1, 0.15) is 17.6 Å². The molecule has 15 heteroatoms. The van der Waals surface area contributed by atoms with E-state index in [1.807, 2.05) is 0 Å². The molecule has 1 aliphatic rings. The van der Waals surface area contributed by atoms with Gasteiger partial charge in [0, 0.05) is 24.2 Å². The van der Waals surface area contributed by atoms with Crippen LogP contribution in [-0.4, -0.2) is 70.8 Å². The summed E-state index contributed by atoms with van der Waals surface area (Å²) < 4.78 is 31.8. The molecule has 3 heterocycles. The van der Waals surface area contributed by atoms with Crippen molar-refractivity contribution in [2.75, 3.05) is 18.0 Å². The molecule has 0 bridgehead atoms. The summed E-state index contributed by atoms with van der Waals surface area (Å²) >= 11 is 0. The SMILES string of the molecule is CC(=O)N(C[C@H]1CN(c2ccc(-c3ccc(-c4nnn(C)n4)nc3)c(F)c2)C(=O)O1)P(=O)(O)O. The van der Waals surface area contributed by atoms with Crippen LogP contribution in [0.5, 0.6) is 0 Å². The highest BCUT2D eigenvalue weighted by atomic mass is 31.2. The van der Waals surface area contributed by atoms with Gasteiger partial charge >= 0.3 is 13.8 Å². The lowest BCUT2D eigenvalue weighted by Gasteiger charge is -2.23. The standard InChI is InChI=1S/C19H19FN7O6P/c1-11(28)27(34(30,31)32)10-14-9-26(19(29)33-14)13-4-5-15(16(20)7-13)12-3-6-17(21-8-12)18-22-24-25(2)23-18/h3-8,14H,9-10H2,1-2H3,(H2,30,31,32)/t14-/m1/s1. The molecular weight excluding hydrogens is 472 g/mol. The maximum absolute atomic E-state index is 14.9. The zero-order chi connectivity index (χ0) is 24.6.